The Morgan fingerprint density at radius 2 is 1.95 bits per heavy atom. The van der Waals surface area contributed by atoms with E-state index in [4.69, 9.17) is 14.9 Å². The number of phenolic OH excluding ortho intramolecular Hbond substituents is 1. The molecule has 0 atom stereocenters. The third-order valence-electron chi connectivity index (χ3n) is 3.26. The highest BCUT2D eigenvalue weighted by atomic mass is 16.5. The Balaban J connectivity index is 2.36. The van der Waals surface area contributed by atoms with Crippen LogP contribution in [0.15, 0.2) is 51.7 Å². The monoisotopic (exact) mass is 283 g/mol. The number of nitrogens with two attached hydrogens (primary N) is 1. The van der Waals surface area contributed by atoms with Crippen LogP contribution < -0.4 is 15.9 Å². The Morgan fingerprint density at radius 3 is 2.71 bits per heavy atom. The summed E-state index contributed by atoms with van der Waals surface area (Å²) in [5.41, 5.74) is 6.58. The number of methoxy groups -OCH3 is 1. The van der Waals surface area contributed by atoms with Crippen LogP contribution in [0.4, 0.5) is 5.69 Å². The molecule has 3 aromatic rings. The first kappa shape index (κ1) is 13.1. The van der Waals surface area contributed by atoms with Crippen LogP contribution >= 0.6 is 0 Å². The minimum atomic E-state index is -0.359. The number of ether oxygens (including phenoxy) is 1. The van der Waals surface area contributed by atoms with Gasteiger partial charge in [0.2, 0.25) is 0 Å². The predicted octanol–water partition coefficient (Wildman–Crippen LogP) is 2.76. The van der Waals surface area contributed by atoms with Crippen LogP contribution in [-0.4, -0.2) is 12.2 Å². The van der Waals surface area contributed by atoms with Crippen molar-refractivity contribution < 1.29 is 14.3 Å². The summed E-state index contributed by atoms with van der Waals surface area (Å²) in [4.78, 5) is 12.2. The second-order valence-electron chi connectivity index (χ2n) is 4.55. The van der Waals surface area contributed by atoms with Crippen molar-refractivity contribution in [1.82, 2.24) is 0 Å². The first-order valence-electron chi connectivity index (χ1n) is 6.30. The molecule has 0 unspecified atom stereocenters. The van der Waals surface area contributed by atoms with Crippen LogP contribution in [0.3, 0.4) is 0 Å². The van der Waals surface area contributed by atoms with Crippen LogP contribution in [0.1, 0.15) is 0 Å². The van der Waals surface area contributed by atoms with Crippen molar-refractivity contribution in [3.05, 3.63) is 52.7 Å². The lowest BCUT2D eigenvalue weighted by atomic mass is 10.1. The van der Waals surface area contributed by atoms with Crippen LogP contribution in [0.5, 0.6) is 11.5 Å². The van der Waals surface area contributed by atoms with Gasteiger partial charge in [-0.05, 0) is 24.3 Å². The van der Waals surface area contributed by atoms with Gasteiger partial charge in [0.25, 0.3) is 0 Å². The molecule has 3 N–H and O–H groups in total. The number of aromatic hydroxyl groups is 1. The fraction of sp³-hybridized carbons (Fsp3) is 0.0625. The molecule has 0 saturated heterocycles. The second kappa shape index (κ2) is 4.86. The van der Waals surface area contributed by atoms with Crippen molar-refractivity contribution in [3.8, 4) is 22.8 Å². The van der Waals surface area contributed by atoms with E-state index in [0.29, 0.717) is 17.1 Å². The van der Waals surface area contributed by atoms with E-state index in [1.807, 2.05) is 12.1 Å². The van der Waals surface area contributed by atoms with E-state index in [1.165, 1.54) is 25.3 Å². The molecule has 5 nitrogen and oxygen atoms in total. The van der Waals surface area contributed by atoms with Crippen molar-refractivity contribution in [3.63, 3.8) is 0 Å². The summed E-state index contributed by atoms with van der Waals surface area (Å²) in [6, 6.07) is 11.4. The highest BCUT2D eigenvalue weighted by Gasteiger charge is 2.14. The topological polar surface area (TPSA) is 85.7 Å². The summed E-state index contributed by atoms with van der Waals surface area (Å²) in [5, 5.41) is 9.88. The van der Waals surface area contributed by atoms with E-state index in [2.05, 4.69) is 0 Å². The number of anilines is 1. The zero-order valence-electron chi connectivity index (χ0n) is 11.3. The molecule has 2 aromatic carbocycles. The van der Waals surface area contributed by atoms with Crippen LogP contribution in [0, 0.1) is 0 Å². The second-order valence-corrected chi connectivity index (χ2v) is 4.55. The molecule has 3 rings (SSSR count). The van der Waals surface area contributed by atoms with Gasteiger partial charge in [-0.2, -0.15) is 0 Å². The van der Waals surface area contributed by atoms with Gasteiger partial charge < -0.3 is 20.0 Å². The van der Waals surface area contributed by atoms with Crippen molar-refractivity contribution in [2.24, 2.45) is 0 Å². The van der Waals surface area contributed by atoms with Gasteiger partial charge in [-0.25, -0.2) is 0 Å². The molecule has 21 heavy (non-hydrogen) atoms. The summed E-state index contributed by atoms with van der Waals surface area (Å²) in [5.74, 6) is 0.764. The van der Waals surface area contributed by atoms with Crippen LogP contribution in [0.25, 0.3) is 22.3 Å². The van der Waals surface area contributed by atoms with Gasteiger partial charge >= 0.3 is 0 Å². The van der Waals surface area contributed by atoms with Gasteiger partial charge in [-0.3, -0.25) is 4.79 Å². The van der Waals surface area contributed by atoms with Gasteiger partial charge in [0.05, 0.1) is 18.4 Å². The maximum Gasteiger partial charge on any atom is 0.197 e. The van der Waals surface area contributed by atoms with E-state index < -0.39 is 0 Å². The normalized spacial score (nSPS) is 10.7. The summed E-state index contributed by atoms with van der Waals surface area (Å²) in [7, 11) is 1.54. The Hall–Kier alpha value is -2.95. The van der Waals surface area contributed by atoms with Crippen molar-refractivity contribution in [2.75, 3.05) is 12.8 Å². The standard InChI is InChI=1S/C16H13NO4/c1-20-13-5-3-2-4-9(13)14-8-12(19)15-11(18)7-6-10(17)16(15)21-14/h2-8,18H,17H2,1H3. The molecule has 0 bridgehead atoms. The molecule has 0 saturated carbocycles. The Bertz CT molecular complexity index is 883. The predicted molar refractivity (Wildman–Crippen MR) is 80.5 cm³/mol. The fourth-order valence-corrected chi connectivity index (χ4v) is 2.25. The molecule has 0 spiro atoms. The van der Waals surface area contributed by atoms with Gasteiger partial charge in [0, 0.05) is 6.07 Å². The average Bonchev–Trinajstić information content (AvgIpc) is 2.50. The summed E-state index contributed by atoms with van der Waals surface area (Å²) in [6.45, 7) is 0. The van der Waals surface area contributed by atoms with E-state index in [1.54, 1.807) is 12.1 Å². The third-order valence-corrected chi connectivity index (χ3v) is 3.26. The van der Waals surface area contributed by atoms with Crippen molar-refractivity contribution in [1.29, 1.82) is 0 Å². The first-order valence-corrected chi connectivity index (χ1v) is 6.30. The minimum absolute atomic E-state index is 0.0775. The number of hydrogen-bond acceptors (Lipinski definition) is 5. The lowest BCUT2D eigenvalue weighted by Crippen LogP contribution is -2.03. The smallest absolute Gasteiger partial charge is 0.197 e. The van der Waals surface area contributed by atoms with E-state index in [9.17, 15) is 9.90 Å². The number of fused-ring (bicyclic) bond motifs is 1. The van der Waals surface area contributed by atoms with Crippen molar-refractivity contribution >= 4 is 16.7 Å². The number of phenols is 1. The maximum atomic E-state index is 12.2. The number of para-hydroxylation sites is 1. The van der Waals surface area contributed by atoms with Gasteiger partial charge in [-0.1, -0.05) is 12.1 Å². The lowest BCUT2D eigenvalue weighted by Gasteiger charge is -2.09. The highest BCUT2D eigenvalue weighted by molar-refractivity contribution is 5.93. The maximum absolute atomic E-state index is 12.2. The number of rotatable bonds is 2. The fourth-order valence-electron chi connectivity index (χ4n) is 2.25. The van der Waals surface area contributed by atoms with Crippen LogP contribution in [-0.2, 0) is 0 Å². The molecule has 106 valence electrons. The Labute approximate surface area is 120 Å². The minimum Gasteiger partial charge on any atom is -0.507 e. The number of hydrogen-bond donors (Lipinski definition) is 2. The largest absolute Gasteiger partial charge is 0.507 e. The molecular weight excluding hydrogens is 270 g/mol. The molecule has 0 amide bonds. The molecule has 0 aliphatic rings. The molecule has 1 aromatic heterocycles. The van der Waals surface area contributed by atoms with Gasteiger partial charge in [0.15, 0.2) is 11.0 Å². The van der Waals surface area contributed by atoms with Crippen LogP contribution in [0.2, 0.25) is 0 Å². The van der Waals surface area contributed by atoms with Crippen molar-refractivity contribution in [2.45, 2.75) is 0 Å². The van der Waals surface area contributed by atoms with Gasteiger partial charge in [-0.15, -0.1) is 0 Å². The first-order chi connectivity index (χ1) is 10.1. The van der Waals surface area contributed by atoms with E-state index >= 15 is 0 Å². The summed E-state index contributed by atoms with van der Waals surface area (Å²) in [6.07, 6.45) is 0. The number of benzene rings is 2. The molecule has 0 aliphatic carbocycles. The SMILES string of the molecule is COc1ccccc1-c1cc(=O)c2c(O)ccc(N)c2o1. The third kappa shape index (κ3) is 2.08. The zero-order valence-corrected chi connectivity index (χ0v) is 11.3. The zero-order chi connectivity index (χ0) is 15.0. The molecule has 0 radical (unpaired) electrons. The average molecular weight is 283 g/mol. The number of nitrogen functional groups attached to an aromatic ring is 1. The lowest BCUT2D eigenvalue weighted by molar-refractivity contribution is 0.415. The molecule has 0 fully saturated rings. The van der Waals surface area contributed by atoms with Gasteiger partial charge in [0.1, 0.15) is 22.6 Å². The highest BCUT2D eigenvalue weighted by Crippen LogP contribution is 2.33. The molecule has 1 heterocycles. The molecule has 5 heteroatoms. The molecular formula is C16H13NO4. The Kier molecular flexibility index (Phi) is 3.02. The molecule has 0 aliphatic heterocycles. The van der Waals surface area contributed by atoms with E-state index in [0.717, 1.165) is 0 Å². The van der Waals surface area contributed by atoms with E-state index in [-0.39, 0.29) is 27.8 Å². The summed E-state index contributed by atoms with van der Waals surface area (Å²) >= 11 is 0. The Morgan fingerprint density at radius 1 is 1.19 bits per heavy atom. The quantitative estimate of drug-likeness (QED) is 0.558. The summed E-state index contributed by atoms with van der Waals surface area (Å²) < 4.78 is 11.0.